The molecule has 0 atom stereocenters. The Morgan fingerprint density at radius 2 is 2.11 bits per heavy atom. The van der Waals surface area contributed by atoms with Crippen molar-refractivity contribution in [1.82, 2.24) is 4.98 Å². The molecule has 0 aliphatic heterocycles. The van der Waals surface area contributed by atoms with Crippen LogP contribution in [0, 0.1) is 0 Å². The normalized spacial score (nSPS) is 9.79. The van der Waals surface area contributed by atoms with Crippen molar-refractivity contribution in [3.8, 4) is 0 Å². The van der Waals surface area contributed by atoms with Crippen LogP contribution in [0.25, 0.3) is 0 Å². The number of methoxy groups -OCH3 is 1. The Kier molecular flexibility index (Phi) is 5.66. The molecule has 0 bridgehead atoms. The molecular weight excluding hydrogens is 250 g/mol. The Labute approximate surface area is 110 Å². The Morgan fingerprint density at radius 3 is 2.68 bits per heavy atom. The van der Waals surface area contributed by atoms with Gasteiger partial charge in [-0.15, -0.1) is 0 Å². The van der Waals surface area contributed by atoms with Gasteiger partial charge in [0.25, 0.3) is 0 Å². The van der Waals surface area contributed by atoms with Crippen LogP contribution < -0.4 is 0 Å². The van der Waals surface area contributed by atoms with Gasteiger partial charge in [-0.25, -0.2) is 14.6 Å². The van der Waals surface area contributed by atoms with Crippen molar-refractivity contribution in [2.24, 2.45) is 0 Å². The van der Waals surface area contributed by atoms with Crippen LogP contribution in [0.5, 0.6) is 0 Å². The summed E-state index contributed by atoms with van der Waals surface area (Å²) in [5.74, 6) is -1.44. The van der Waals surface area contributed by atoms with E-state index in [0.29, 0.717) is 6.29 Å². The number of hydrogen-bond donors (Lipinski definition) is 0. The standard InChI is InChI=1S/C13H15NO5/c1-3-4-5-19-13(17)11-10(12(16)18-2)6-9(8-15)7-14-11/h6-8H,3-5H2,1-2H3. The van der Waals surface area contributed by atoms with Crippen LogP contribution >= 0.6 is 0 Å². The monoisotopic (exact) mass is 265 g/mol. The zero-order chi connectivity index (χ0) is 14.3. The number of carbonyl (C=O) groups is 3. The first-order valence-corrected chi connectivity index (χ1v) is 5.84. The second kappa shape index (κ2) is 7.25. The molecule has 0 radical (unpaired) electrons. The number of aldehydes is 1. The lowest BCUT2D eigenvalue weighted by Gasteiger charge is -2.07. The van der Waals surface area contributed by atoms with E-state index in [4.69, 9.17) is 4.74 Å². The summed E-state index contributed by atoms with van der Waals surface area (Å²) in [7, 11) is 1.18. The van der Waals surface area contributed by atoms with Gasteiger partial charge < -0.3 is 9.47 Å². The van der Waals surface area contributed by atoms with Gasteiger partial charge in [0.15, 0.2) is 12.0 Å². The quantitative estimate of drug-likeness (QED) is 0.441. The fourth-order valence-electron chi connectivity index (χ4n) is 1.35. The predicted octanol–water partition coefficient (Wildman–Crippen LogP) is 1.64. The molecule has 0 unspecified atom stereocenters. The fourth-order valence-corrected chi connectivity index (χ4v) is 1.35. The van der Waals surface area contributed by atoms with Crippen molar-refractivity contribution in [1.29, 1.82) is 0 Å². The second-order valence-electron chi connectivity index (χ2n) is 3.76. The highest BCUT2D eigenvalue weighted by Gasteiger charge is 2.21. The van der Waals surface area contributed by atoms with Gasteiger partial charge in [-0.05, 0) is 12.5 Å². The molecule has 1 aromatic rings. The number of unbranched alkanes of at least 4 members (excludes halogenated alkanes) is 1. The van der Waals surface area contributed by atoms with E-state index in [1.54, 1.807) is 0 Å². The fraction of sp³-hybridized carbons (Fsp3) is 0.385. The summed E-state index contributed by atoms with van der Waals surface area (Å²) < 4.78 is 9.53. The van der Waals surface area contributed by atoms with Crippen LogP contribution in [0.15, 0.2) is 12.3 Å². The van der Waals surface area contributed by atoms with Crippen LogP contribution in [0.3, 0.4) is 0 Å². The zero-order valence-electron chi connectivity index (χ0n) is 10.8. The minimum absolute atomic E-state index is 0.0754. The van der Waals surface area contributed by atoms with Gasteiger partial charge in [0.1, 0.15) is 0 Å². The van der Waals surface area contributed by atoms with E-state index >= 15 is 0 Å². The molecular formula is C13H15NO5. The van der Waals surface area contributed by atoms with Crippen molar-refractivity contribution in [2.45, 2.75) is 19.8 Å². The van der Waals surface area contributed by atoms with Gasteiger partial charge >= 0.3 is 11.9 Å². The van der Waals surface area contributed by atoms with E-state index in [0.717, 1.165) is 12.8 Å². The summed E-state index contributed by atoms with van der Waals surface area (Å²) in [6.07, 6.45) is 3.35. The summed E-state index contributed by atoms with van der Waals surface area (Å²) in [5, 5.41) is 0. The van der Waals surface area contributed by atoms with E-state index < -0.39 is 11.9 Å². The highest BCUT2D eigenvalue weighted by atomic mass is 16.5. The lowest BCUT2D eigenvalue weighted by molar-refractivity contribution is 0.0474. The first-order chi connectivity index (χ1) is 9.13. The molecule has 0 amide bonds. The van der Waals surface area contributed by atoms with E-state index in [2.05, 4.69) is 9.72 Å². The van der Waals surface area contributed by atoms with Crippen molar-refractivity contribution in [2.75, 3.05) is 13.7 Å². The molecule has 1 aromatic heterocycles. The number of nitrogens with zero attached hydrogens (tertiary/aromatic N) is 1. The molecule has 0 aliphatic rings. The topological polar surface area (TPSA) is 82.6 Å². The van der Waals surface area contributed by atoms with Gasteiger partial charge in [0.05, 0.1) is 19.3 Å². The second-order valence-corrected chi connectivity index (χ2v) is 3.76. The van der Waals surface area contributed by atoms with E-state index in [-0.39, 0.29) is 23.4 Å². The molecule has 19 heavy (non-hydrogen) atoms. The lowest BCUT2D eigenvalue weighted by atomic mass is 10.1. The molecule has 0 spiro atoms. The first kappa shape index (κ1) is 14.8. The molecule has 102 valence electrons. The zero-order valence-corrected chi connectivity index (χ0v) is 10.8. The van der Waals surface area contributed by atoms with Crippen LogP contribution in [0.2, 0.25) is 0 Å². The van der Waals surface area contributed by atoms with Crippen molar-refractivity contribution < 1.29 is 23.9 Å². The molecule has 0 N–H and O–H groups in total. The largest absolute Gasteiger partial charge is 0.465 e. The molecule has 1 heterocycles. The third-order valence-corrected chi connectivity index (χ3v) is 2.37. The molecule has 0 saturated carbocycles. The molecule has 6 heteroatoms. The maximum Gasteiger partial charge on any atom is 0.357 e. The van der Waals surface area contributed by atoms with E-state index in [1.807, 2.05) is 6.92 Å². The van der Waals surface area contributed by atoms with Gasteiger partial charge in [-0.2, -0.15) is 0 Å². The van der Waals surface area contributed by atoms with Gasteiger partial charge in [0, 0.05) is 11.8 Å². The number of pyridine rings is 1. The molecule has 6 nitrogen and oxygen atoms in total. The minimum Gasteiger partial charge on any atom is -0.465 e. The highest BCUT2D eigenvalue weighted by Crippen LogP contribution is 2.11. The molecule has 0 saturated heterocycles. The van der Waals surface area contributed by atoms with E-state index in [1.165, 1.54) is 19.4 Å². The van der Waals surface area contributed by atoms with E-state index in [9.17, 15) is 14.4 Å². The number of ether oxygens (including phenoxy) is 2. The summed E-state index contributed by atoms with van der Waals surface area (Å²) in [6.45, 7) is 2.22. The SMILES string of the molecule is CCCCOC(=O)c1ncc(C=O)cc1C(=O)OC. The van der Waals surface area contributed by atoms with Crippen LogP contribution in [0.4, 0.5) is 0 Å². The maximum atomic E-state index is 11.8. The molecule has 0 aromatic carbocycles. The number of carbonyl (C=O) groups excluding carboxylic acids is 3. The average molecular weight is 265 g/mol. The summed E-state index contributed by atoms with van der Waals surface area (Å²) in [5.41, 5.74) is -0.0346. The molecule has 1 rings (SSSR count). The summed E-state index contributed by atoms with van der Waals surface area (Å²) in [4.78, 5) is 37.8. The van der Waals surface area contributed by atoms with Gasteiger partial charge in [-0.1, -0.05) is 13.3 Å². The smallest absolute Gasteiger partial charge is 0.357 e. The Balaban J connectivity index is 3.01. The summed E-state index contributed by atoms with van der Waals surface area (Å²) >= 11 is 0. The molecule has 0 aliphatic carbocycles. The number of rotatable bonds is 6. The first-order valence-electron chi connectivity index (χ1n) is 5.84. The summed E-state index contributed by atoms with van der Waals surface area (Å²) in [6, 6.07) is 1.25. The number of esters is 2. The van der Waals surface area contributed by atoms with Crippen molar-refractivity contribution >= 4 is 18.2 Å². The van der Waals surface area contributed by atoms with Crippen LogP contribution in [0.1, 0.15) is 51.0 Å². The number of hydrogen-bond acceptors (Lipinski definition) is 6. The molecule has 0 fully saturated rings. The van der Waals surface area contributed by atoms with Gasteiger partial charge in [-0.3, -0.25) is 4.79 Å². The highest BCUT2D eigenvalue weighted by molar-refractivity contribution is 6.02. The van der Waals surface area contributed by atoms with Crippen molar-refractivity contribution in [3.05, 3.63) is 29.1 Å². The van der Waals surface area contributed by atoms with Crippen LogP contribution in [-0.2, 0) is 9.47 Å². The minimum atomic E-state index is -0.737. The average Bonchev–Trinajstić information content (AvgIpc) is 2.45. The Hall–Kier alpha value is -2.24. The maximum absolute atomic E-state index is 11.8. The lowest BCUT2D eigenvalue weighted by Crippen LogP contribution is -2.16. The third kappa shape index (κ3) is 3.87. The van der Waals surface area contributed by atoms with Crippen molar-refractivity contribution in [3.63, 3.8) is 0 Å². The van der Waals surface area contributed by atoms with Crippen LogP contribution in [-0.4, -0.2) is 36.9 Å². The Bertz CT molecular complexity index is 484. The predicted molar refractivity (Wildman–Crippen MR) is 66.2 cm³/mol. The Morgan fingerprint density at radius 1 is 1.37 bits per heavy atom. The van der Waals surface area contributed by atoms with Gasteiger partial charge in [0.2, 0.25) is 0 Å². The third-order valence-electron chi connectivity index (χ3n) is 2.37. The number of aromatic nitrogens is 1.